The first kappa shape index (κ1) is 13.4. The molecule has 0 aliphatic carbocycles. The highest BCUT2D eigenvalue weighted by molar-refractivity contribution is 7.99. The molecule has 1 aromatic carbocycles. The number of hydrogen-bond donors (Lipinski definition) is 1. The molecular weight excluding hydrogens is 276 g/mol. The van der Waals surface area contributed by atoms with Gasteiger partial charge in [-0.2, -0.15) is 0 Å². The Hall–Kier alpha value is -1.60. The Morgan fingerprint density at radius 3 is 3.25 bits per heavy atom. The maximum atomic E-state index is 8.92. The van der Waals surface area contributed by atoms with Crippen molar-refractivity contribution < 1.29 is 9.84 Å². The number of thioether (sulfide) groups is 1. The van der Waals surface area contributed by atoms with Crippen LogP contribution in [0.15, 0.2) is 23.4 Å². The summed E-state index contributed by atoms with van der Waals surface area (Å²) in [6, 6.07) is 6.39. The van der Waals surface area contributed by atoms with Gasteiger partial charge in [-0.05, 0) is 34.0 Å². The first-order valence-corrected chi connectivity index (χ1v) is 7.60. The van der Waals surface area contributed by atoms with Crippen molar-refractivity contribution in [2.75, 3.05) is 19.0 Å². The zero-order valence-corrected chi connectivity index (χ0v) is 11.8. The number of aromatic nitrogens is 4. The van der Waals surface area contributed by atoms with Crippen molar-refractivity contribution in [3.8, 4) is 5.75 Å². The summed E-state index contributed by atoms with van der Waals surface area (Å²) in [5, 5.41) is 21.1. The first-order chi connectivity index (χ1) is 9.86. The van der Waals surface area contributed by atoms with Gasteiger partial charge in [-0.3, -0.25) is 0 Å². The van der Waals surface area contributed by atoms with Crippen LogP contribution in [0.4, 0.5) is 0 Å². The molecule has 0 radical (unpaired) electrons. The van der Waals surface area contributed by atoms with Crippen LogP contribution < -0.4 is 4.74 Å². The third-order valence-corrected chi connectivity index (χ3v) is 4.15. The number of hydrogen-bond acceptors (Lipinski definition) is 6. The molecule has 20 heavy (non-hydrogen) atoms. The molecule has 0 amide bonds. The molecule has 0 bridgehead atoms. The fourth-order valence-corrected chi connectivity index (χ4v) is 3.08. The van der Waals surface area contributed by atoms with Crippen molar-refractivity contribution in [3.63, 3.8) is 0 Å². The molecule has 0 spiro atoms. The summed E-state index contributed by atoms with van der Waals surface area (Å²) in [6.07, 6.45) is 1.97. The van der Waals surface area contributed by atoms with Gasteiger partial charge in [-0.15, -0.1) is 5.10 Å². The molecule has 3 rings (SSSR count). The Bertz CT molecular complexity index is 588. The van der Waals surface area contributed by atoms with Gasteiger partial charge >= 0.3 is 0 Å². The number of benzene rings is 1. The monoisotopic (exact) mass is 292 g/mol. The lowest BCUT2D eigenvalue weighted by molar-refractivity contribution is 0.262. The van der Waals surface area contributed by atoms with Gasteiger partial charge < -0.3 is 9.84 Å². The molecule has 0 unspecified atom stereocenters. The lowest BCUT2D eigenvalue weighted by Gasteiger charge is -2.04. The van der Waals surface area contributed by atoms with E-state index in [-0.39, 0.29) is 6.61 Å². The van der Waals surface area contributed by atoms with E-state index in [1.165, 1.54) is 11.1 Å². The molecule has 1 N–H and O–H groups in total. The Balaban J connectivity index is 1.56. The zero-order chi connectivity index (χ0) is 13.8. The van der Waals surface area contributed by atoms with E-state index >= 15 is 0 Å². The van der Waals surface area contributed by atoms with Crippen LogP contribution in [-0.4, -0.2) is 44.3 Å². The Morgan fingerprint density at radius 1 is 1.40 bits per heavy atom. The van der Waals surface area contributed by atoms with E-state index in [1.807, 2.05) is 0 Å². The van der Waals surface area contributed by atoms with E-state index in [2.05, 4.69) is 33.7 Å². The van der Waals surface area contributed by atoms with E-state index in [0.29, 0.717) is 6.54 Å². The average Bonchev–Trinajstić information content (AvgIpc) is 3.08. The molecule has 1 aliphatic rings. The third-order valence-electron chi connectivity index (χ3n) is 3.19. The van der Waals surface area contributed by atoms with E-state index in [9.17, 15) is 0 Å². The molecule has 2 heterocycles. The number of nitrogens with zero attached hydrogens (tertiary/aromatic N) is 4. The Kier molecular flexibility index (Phi) is 4.17. The van der Waals surface area contributed by atoms with Crippen LogP contribution in [0.3, 0.4) is 0 Å². The van der Waals surface area contributed by atoms with Crippen molar-refractivity contribution in [1.29, 1.82) is 0 Å². The van der Waals surface area contributed by atoms with E-state index in [0.717, 1.165) is 36.1 Å². The summed E-state index contributed by atoms with van der Waals surface area (Å²) in [4.78, 5) is 0. The van der Waals surface area contributed by atoms with Gasteiger partial charge in [0, 0.05) is 12.2 Å². The van der Waals surface area contributed by atoms with Crippen LogP contribution in [0, 0.1) is 0 Å². The minimum atomic E-state index is 0.0451. The normalized spacial score (nSPS) is 13.2. The molecule has 106 valence electrons. The fourth-order valence-electron chi connectivity index (χ4n) is 2.19. The number of ether oxygens (including phenoxy) is 1. The molecule has 0 atom stereocenters. The molecule has 0 saturated heterocycles. The molecule has 1 aromatic heterocycles. The highest BCUT2D eigenvalue weighted by Crippen LogP contribution is 2.26. The predicted molar refractivity (Wildman–Crippen MR) is 75.0 cm³/mol. The largest absolute Gasteiger partial charge is 0.493 e. The van der Waals surface area contributed by atoms with Gasteiger partial charge in [0.25, 0.3) is 0 Å². The minimum Gasteiger partial charge on any atom is -0.493 e. The standard InChI is InChI=1S/C13H16N4O2S/c18-6-5-17-13(14-15-16-17)20-8-4-10-1-2-12-11(9-10)3-7-19-12/h1-2,9,18H,3-8H2. The minimum absolute atomic E-state index is 0.0451. The molecule has 0 fully saturated rings. The second kappa shape index (κ2) is 6.23. The van der Waals surface area contributed by atoms with Gasteiger partial charge in [-0.1, -0.05) is 23.9 Å². The lowest BCUT2D eigenvalue weighted by atomic mass is 10.1. The summed E-state index contributed by atoms with van der Waals surface area (Å²) in [6.45, 7) is 1.28. The first-order valence-electron chi connectivity index (χ1n) is 6.61. The highest BCUT2D eigenvalue weighted by atomic mass is 32.2. The number of aryl methyl sites for hydroxylation is 1. The number of aliphatic hydroxyl groups excluding tert-OH is 1. The van der Waals surface area contributed by atoms with Crippen molar-refractivity contribution in [2.45, 2.75) is 24.5 Å². The molecule has 2 aromatic rings. The second-order valence-electron chi connectivity index (χ2n) is 4.55. The van der Waals surface area contributed by atoms with Crippen LogP contribution in [-0.2, 0) is 19.4 Å². The van der Waals surface area contributed by atoms with Crippen molar-refractivity contribution in [1.82, 2.24) is 20.2 Å². The van der Waals surface area contributed by atoms with Crippen molar-refractivity contribution in [2.24, 2.45) is 0 Å². The summed E-state index contributed by atoms with van der Waals surface area (Å²) in [5.41, 5.74) is 2.61. The Morgan fingerprint density at radius 2 is 2.35 bits per heavy atom. The van der Waals surface area contributed by atoms with E-state index in [4.69, 9.17) is 9.84 Å². The summed E-state index contributed by atoms with van der Waals surface area (Å²) >= 11 is 1.61. The summed E-state index contributed by atoms with van der Waals surface area (Å²) < 4.78 is 7.13. The number of tetrazole rings is 1. The maximum absolute atomic E-state index is 8.92. The quantitative estimate of drug-likeness (QED) is 0.799. The molecule has 1 aliphatic heterocycles. The number of aliphatic hydroxyl groups is 1. The van der Waals surface area contributed by atoms with Crippen LogP contribution in [0.2, 0.25) is 0 Å². The highest BCUT2D eigenvalue weighted by Gasteiger charge is 2.12. The zero-order valence-electron chi connectivity index (χ0n) is 11.0. The van der Waals surface area contributed by atoms with E-state index in [1.54, 1.807) is 16.4 Å². The van der Waals surface area contributed by atoms with Crippen LogP contribution >= 0.6 is 11.8 Å². The smallest absolute Gasteiger partial charge is 0.209 e. The number of rotatable bonds is 6. The van der Waals surface area contributed by atoms with Crippen LogP contribution in [0.1, 0.15) is 11.1 Å². The van der Waals surface area contributed by atoms with Crippen molar-refractivity contribution in [3.05, 3.63) is 29.3 Å². The van der Waals surface area contributed by atoms with Gasteiger partial charge in [0.1, 0.15) is 5.75 Å². The van der Waals surface area contributed by atoms with Gasteiger partial charge in [0.05, 0.1) is 19.8 Å². The fraction of sp³-hybridized carbons (Fsp3) is 0.462. The topological polar surface area (TPSA) is 73.1 Å². The maximum Gasteiger partial charge on any atom is 0.209 e. The molecule has 7 heteroatoms. The van der Waals surface area contributed by atoms with Gasteiger partial charge in [-0.25, -0.2) is 4.68 Å². The summed E-state index contributed by atoms with van der Waals surface area (Å²) in [7, 11) is 0. The number of fused-ring (bicyclic) bond motifs is 1. The van der Waals surface area contributed by atoms with Crippen LogP contribution in [0.5, 0.6) is 5.75 Å². The molecule has 6 nitrogen and oxygen atoms in total. The van der Waals surface area contributed by atoms with Gasteiger partial charge in [0.2, 0.25) is 5.16 Å². The molecule has 0 saturated carbocycles. The second-order valence-corrected chi connectivity index (χ2v) is 5.61. The van der Waals surface area contributed by atoms with Crippen molar-refractivity contribution >= 4 is 11.8 Å². The van der Waals surface area contributed by atoms with Crippen LogP contribution in [0.25, 0.3) is 0 Å². The Labute approximate surface area is 121 Å². The average molecular weight is 292 g/mol. The predicted octanol–water partition coefficient (Wildman–Crippen LogP) is 0.935. The SMILES string of the molecule is OCCn1nnnc1SCCc1ccc2c(c1)CCO2. The third kappa shape index (κ3) is 2.94. The molecular formula is C13H16N4O2S. The van der Waals surface area contributed by atoms with E-state index < -0.39 is 0 Å². The van der Waals surface area contributed by atoms with Gasteiger partial charge in [0.15, 0.2) is 0 Å². The summed E-state index contributed by atoms with van der Waals surface area (Å²) in [5.74, 6) is 1.93. The lowest BCUT2D eigenvalue weighted by Crippen LogP contribution is -2.06.